The van der Waals surface area contributed by atoms with Gasteiger partial charge in [-0.2, -0.15) is 5.10 Å². The van der Waals surface area contributed by atoms with Gasteiger partial charge in [-0.1, -0.05) is 0 Å². The summed E-state index contributed by atoms with van der Waals surface area (Å²) < 4.78 is 8.50. The number of halogens is 1. The van der Waals surface area contributed by atoms with Gasteiger partial charge in [0.25, 0.3) is 0 Å². The van der Waals surface area contributed by atoms with E-state index in [1.54, 1.807) is 6.20 Å². The normalized spacial score (nSPS) is 26.1. The molecular weight excluding hydrogens is 322 g/mol. The molecule has 0 aromatic carbocycles. The van der Waals surface area contributed by atoms with E-state index in [-0.39, 0.29) is 5.60 Å². The van der Waals surface area contributed by atoms with Gasteiger partial charge in [0.15, 0.2) is 0 Å². The van der Waals surface area contributed by atoms with E-state index < -0.39 is 5.60 Å². The Morgan fingerprint density at radius 1 is 1.50 bits per heavy atom. The summed E-state index contributed by atoms with van der Waals surface area (Å²) in [4.78, 5) is 2.11. The van der Waals surface area contributed by atoms with Crippen molar-refractivity contribution in [3.63, 3.8) is 0 Å². The van der Waals surface area contributed by atoms with Gasteiger partial charge in [-0.15, -0.1) is 0 Å². The van der Waals surface area contributed by atoms with E-state index in [1.807, 2.05) is 32.6 Å². The highest BCUT2D eigenvalue weighted by Crippen LogP contribution is 2.41. The van der Waals surface area contributed by atoms with Gasteiger partial charge in [0.1, 0.15) is 5.60 Å². The molecular formula is C14H24BrN3O2. The Kier molecular flexibility index (Phi) is 4.59. The molecule has 1 fully saturated rings. The third kappa shape index (κ3) is 3.42. The molecule has 0 aliphatic carbocycles. The van der Waals surface area contributed by atoms with Crippen molar-refractivity contribution in [3.05, 3.63) is 16.4 Å². The third-order valence-electron chi connectivity index (χ3n) is 3.72. The van der Waals surface area contributed by atoms with E-state index in [0.717, 1.165) is 23.3 Å². The van der Waals surface area contributed by atoms with Crippen molar-refractivity contribution in [1.29, 1.82) is 0 Å². The van der Waals surface area contributed by atoms with Crippen LogP contribution in [0.15, 0.2) is 10.7 Å². The number of nitrogens with zero attached hydrogens (tertiary/aromatic N) is 3. The molecule has 2 rings (SSSR count). The van der Waals surface area contributed by atoms with Crippen molar-refractivity contribution in [2.45, 2.75) is 44.4 Å². The minimum atomic E-state index is -0.886. The summed E-state index contributed by atoms with van der Waals surface area (Å²) in [5.74, 6) is 0. The molecule has 1 unspecified atom stereocenters. The highest BCUT2D eigenvalue weighted by atomic mass is 79.9. The summed E-state index contributed by atoms with van der Waals surface area (Å²) in [6.07, 6.45) is 2.94. The highest BCUT2D eigenvalue weighted by Gasteiger charge is 2.43. The molecule has 0 radical (unpaired) electrons. The minimum absolute atomic E-state index is 0.316. The van der Waals surface area contributed by atoms with Crippen LogP contribution in [0.5, 0.6) is 0 Å². The highest BCUT2D eigenvalue weighted by molar-refractivity contribution is 9.10. The van der Waals surface area contributed by atoms with Gasteiger partial charge in [-0.25, -0.2) is 0 Å². The third-order valence-corrected chi connectivity index (χ3v) is 4.30. The average Bonchev–Trinajstić information content (AvgIpc) is 2.66. The van der Waals surface area contributed by atoms with Crippen molar-refractivity contribution in [2.75, 3.05) is 27.2 Å². The Bertz CT molecular complexity index is 473. The van der Waals surface area contributed by atoms with E-state index in [0.29, 0.717) is 19.4 Å². The van der Waals surface area contributed by atoms with Gasteiger partial charge in [0.05, 0.1) is 35.1 Å². The summed E-state index contributed by atoms with van der Waals surface area (Å²) in [7, 11) is 4.06. The summed E-state index contributed by atoms with van der Waals surface area (Å²) in [5.41, 5.74) is -0.331. The average molecular weight is 346 g/mol. The molecule has 20 heavy (non-hydrogen) atoms. The lowest BCUT2D eigenvalue weighted by molar-refractivity contribution is -0.151. The Hall–Kier alpha value is -0.430. The fraction of sp³-hybridized carbons (Fsp3) is 0.786. The molecule has 1 aromatic rings. The van der Waals surface area contributed by atoms with Crippen LogP contribution >= 0.6 is 15.9 Å². The second kappa shape index (κ2) is 5.75. The molecule has 1 aromatic heterocycles. The summed E-state index contributed by atoms with van der Waals surface area (Å²) >= 11 is 3.53. The Morgan fingerprint density at radius 2 is 2.20 bits per heavy atom. The lowest BCUT2D eigenvalue weighted by Crippen LogP contribution is -2.45. The maximum Gasteiger partial charge on any atom is 0.112 e. The number of aliphatic hydroxyl groups is 1. The van der Waals surface area contributed by atoms with Gasteiger partial charge in [-0.3, -0.25) is 4.68 Å². The van der Waals surface area contributed by atoms with Crippen LogP contribution in [0.25, 0.3) is 0 Å². The van der Waals surface area contributed by atoms with Crippen LogP contribution in [-0.2, 0) is 16.9 Å². The zero-order valence-corrected chi connectivity index (χ0v) is 14.3. The molecule has 0 saturated carbocycles. The Balaban J connectivity index is 2.28. The van der Waals surface area contributed by atoms with Crippen molar-refractivity contribution >= 4 is 15.9 Å². The Labute approximate surface area is 129 Å². The van der Waals surface area contributed by atoms with E-state index in [1.165, 1.54) is 0 Å². The molecule has 1 N–H and O–H groups in total. The monoisotopic (exact) mass is 345 g/mol. The fourth-order valence-electron chi connectivity index (χ4n) is 2.83. The van der Waals surface area contributed by atoms with Crippen LogP contribution in [0.4, 0.5) is 0 Å². The molecule has 1 aliphatic rings. The smallest absolute Gasteiger partial charge is 0.112 e. The molecule has 5 nitrogen and oxygen atoms in total. The maximum absolute atomic E-state index is 11.1. The molecule has 1 saturated heterocycles. The van der Waals surface area contributed by atoms with Crippen LogP contribution in [-0.4, -0.2) is 52.6 Å². The molecule has 1 atom stereocenters. The van der Waals surface area contributed by atoms with Gasteiger partial charge >= 0.3 is 0 Å². The second-order valence-electron chi connectivity index (χ2n) is 6.43. The predicted molar refractivity (Wildman–Crippen MR) is 81.6 cm³/mol. The largest absolute Gasteiger partial charge is 0.383 e. The zero-order chi connectivity index (χ0) is 15.0. The zero-order valence-electron chi connectivity index (χ0n) is 12.7. The number of hydrogen-bond donors (Lipinski definition) is 1. The summed E-state index contributed by atoms with van der Waals surface area (Å²) in [5, 5.41) is 15.5. The summed E-state index contributed by atoms with van der Waals surface area (Å²) in [6.45, 7) is 6.25. The maximum atomic E-state index is 11.1. The number of rotatable bonds is 4. The van der Waals surface area contributed by atoms with Crippen LogP contribution in [0.3, 0.4) is 0 Å². The SMILES string of the molecule is CN(C)CCn1ncc(Br)c1C1(O)CCOC(C)(C)C1. The molecule has 1 aliphatic heterocycles. The quantitative estimate of drug-likeness (QED) is 0.906. The standard InChI is InChI=1S/C14H24BrN3O2/c1-13(2)10-14(19,5-8-20-13)12-11(15)9-16-18(12)7-6-17(3)4/h9,19H,5-8,10H2,1-4H3. The molecule has 114 valence electrons. The number of hydrogen-bond acceptors (Lipinski definition) is 4. The lowest BCUT2D eigenvalue weighted by atomic mass is 9.82. The van der Waals surface area contributed by atoms with Crippen molar-refractivity contribution < 1.29 is 9.84 Å². The fourth-order valence-corrected chi connectivity index (χ4v) is 3.50. The van der Waals surface area contributed by atoms with Crippen LogP contribution in [0, 0.1) is 0 Å². The first-order valence-corrected chi connectivity index (χ1v) is 7.76. The van der Waals surface area contributed by atoms with E-state index >= 15 is 0 Å². The summed E-state index contributed by atoms with van der Waals surface area (Å²) in [6, 6.07) is 0. The van der Waals surface area contributed by atoms with E-state index in [4.69, 9.17) is 4.74 Å². The minimum Gasteiger partial charge on any atom is -0.383 e. The van der Waals surface area contributed by atoms with E-state index in [9.17, 15) is 5.11 Å². The number of ether oxygens (including phenoxy) is 1. The first-order valence-electron chi connectivity index (χ1n) is 6.96. The Morgan fingerprint density at radius 3 is 2.80 bits per heavy atom. The molecule has 0 spiro atoms. The van der Waals surface area contributed by atoms with Gasteiger partial charge in [-0.05, 0) is 43.9 Å². The first-order chi connectivity index (χ1) is 9.23. The van der Waals surface area contributed by atoms with Crippen molar-refractivity contribution in [1.82, 2.24) is 14.7 Å². The second-order valence-corrected chi connectivity index (χ2v) is 7.29. The predicted octanol–water partition coefficient (Wildman–Crippen LogP) is 1.98. The lowest BCUT2D eigenvalue weighted by Gasteiger charge is -2.41. The first kappa shape index (κ1) is 15.9. The van der Waals surface area contributed by atoms with Crippen molar-refractivity contribution in [2.24, 2.45) is 0 Å². The number of likely N-dealkylation sites (N-methyl/N-ethyl adjacent to an activating group) is 1. The van der Waals surface area contributed by atoms with Gasteiger partial charge in [0.2, 0.25) is 0 Å². The molecule has 0 bridgehead atoms. The van der Waals surface area contributed by atoms with Crippen LogP contribution in [0.2, 0.25) is 0 Å². The number of aromatic nitrogens is 2. The molecule has 2 heterocycles. The topological polar surface area (TPSA) is 50.5 Å². The molecule has 6 heteroatoms. The van der Waals surface area contributed by atoms with E-state index in [2.05, 4.69) is 25.9 Å². The van der Waals surface area contributed by atoms with Crippen LogP contribution in [0.1, 0.15) is 32.4 Å². The molecule has 0 amide bonds. The van der Waals surface area contributed by atoms with Gasteiger partial charge < -0.3 is 14.7 Å². The van der Waals surface area contributed by atoms with Crippen molar-refractivity contribution in [3.8, 4) is 0 Å². The van der Waals surface area contributed by atoms with Crippen LogP contribution < -0.4 is 0 Å². The van der Waals surface area contributed by atoms with Gasteiger partial charge in [0, 0.05) is 19.4 Å².